The van der Waals surface area contributed by atoms with Crippen LogP contribution in [0.3, 0.4) is 0 Å². The van der Waals surface area contributed by atoms with E-state index in [0.29, 0.717) is 12.0 Å². The molecule has 0 spiro atoms. The first-order chi connectivity index (χ1) is 7.90. The van der Waals surface area contributed by atoms with E-state index in [9.17, 15) is 0 Å². The van der Waals surface area contributed by atoms with Gasteiger partial charge in [0.05, 0.1) is 6.61 Å². The van der Waals surface area contributed by atoms with Crippen LogP contribution < -0.4 is 5.32 Å². The quantitative estimate of drug-likeness (QED) is 0.838. The Balaban J connectivity index is 1.94. The van der Waals surface area contributed by atoms with E-state index in [1.807, 2.05) is 0 Å². The fourth-order valence-corrected chi connectivity index (χ4v) is 2.46. The van der Waals surface area contributed by atoms with Gasteiger partial charge < -0.3 is 10.1 Å². The molecule has 1 N–H and O–H groups in total. The Hall–Kier alpha value is -0.860. The predicted octanol–water partition coefficient (Wildman–Crippen LogP) is 2.24. The van der Waals surface area contributed by atoms with Crippen molar-refractivity contribution in [2.24, 2.45) is 5.92 Å². The molecule has 16 heavy (non-hydrogen) atoms. The van der Waals surface area contributed by atoms with Crippen molar-refractivity contribution in [3.63, 3.8) is 0 Å². The summed E-state index contributed by atoms with van der Waals surface area (Å²) in [7, 11) is 2.06. The molecule has 1 fully saturated rings. The number of ether oxygens (including phenoxy) is 1. The van der Waals surface area contributed by atoms with Crippen molar-refractivity contribution >= 4 is 0 Å². The number of nitrogens with one attached hydrogen (secondary N) is 1. The van der Waals surface area contributed by atoms with E-state index in [0.717, 1.165) is 19.6 Å². The van der Waals surface area contributed by atoms with Crippen molar-refractivity contribution in [3.05, 3.63) is 35.9 Å². The van der Waals surface area contributed by atoms with E-state index in [-0.39, 0.29) is 0 Å². The molecule has 0 aromatic heterocycles. The maximum absolute atomic E-state index is 5.56. The fourth-order valence-electron chi connectivity index (χ4n) is 2.46. The highest BCUT2D eigenvalue weighted by Crippen LogP contribution is 2.20. The van der Waals surface area contributed by atoms with Crippen LogP contribution in [0.25, 0.3) is 0 Å². The van der Waals surface area contributed by atoms with Crippen LogP contribution in [-0.4, -0.2) is 26.3 Å². The van der Waals surface area contributed by atoms with Gasteiger partial charge >= 0.3 is 0 Å². The minimum atomic E-state index is 0.544. The normalized spacial score (nSPS) is 22.9. The summed E-state index contributed by atoms with van der Waals surface area (Å²) in [5, 5.41) is 3.44. The van der Waals surface area contributed by atoms with Gasteiger partial charge in [-0.25, -0.2) is 0 Å². The number of likely N-dealkylation sites (N-methyl/N-ethyl adjacent to an activating group) is 1. The zero-order valence-corrected chi connectivity index (χ0v) is 9.99. The Morgan fingerprint density at radius 3 is 2.81 bits per heavy atom. The maximum atomic E-state index is 5.56. The van der Waals surface area contributed by atoms with E-state index in [4.69, 9.17) is 4.74 Å². The van der Waals surface area contributed by atoms with Gasteiger partial charge in [-0.3, -0.25) is 0 Å². The lowest BCUT2D eigenvalue weighted by atomic mass is 9.89. The molecule has 2 nitrogen and oxygen atoms in total. The monoisotopic (exact) mass is 219 g/mol. The Morgan fingerprint density at radius 2 is 2.19 bits per heavy atom. The summed E-state index contributed by atoms with van der Waals surface area (Å²) in [4.78, 5) is 0. The van der Waals surface area contributed by atoms with Crippen LogP contribution in [0, 0.1) is 5.92 Å². The summed E-state index contributed by atoms with van der Waals surface area (Å²) in [5.41, 5.74) is 1.41. The van der Waals surface area contributed by atoms with Crippen LogP contribution in [0.1, 0.15) is 18.4 Å². The van der Waals surface area contributed by atoms with Crippen LogP contribution >= 0.6 is 0 Å². The second-order valence-electron chi connectivity index (χ2n) is 4.56. The summed E-state index contributed by atoms with van der Waals surface area (Å²) in [6.07, 6.45) is 3.60. The van der Waals surface area contributed by atoms with Gasteiger partial charge in [0.25, 0.3) is 0 Å². The molecule has 1 aliphatic heterocycles. The standard InChI is InChI=1S/C14H21NO/c1-15-14(13-8-5-9-16-11-13)10-12-6-3-2-4-7-12/h2-4,6-7,13-15H,5,8-11H2,1H3. The molecule has 2 heteroatoms. The highest BCUT2D eigenvalue weighted by molar-refractivity contribution is 5.16. The van der Waals surface area contributed by atoms with Gasteiger partial charge in [-0.15, -0.1) is 0 Å². The molecule has 88 valence electrons. The molecule has 1 aliphatic rings. The van der Waals surface area contributed by atoms with Crippen molar-refractivity contribution < 1.29 is 4.74 Å². The van der Waals surface area contributed by atoms with Gasteiger partial charge in [0, 0.05) is 12.6 Å². The Bertz CT molecular complexity index is 293. The highest BCUT2D eigenvalue weighted by atomic mass is 16.5. The van der Waals surface area contributed by atoms with Crippen molar-refractivity contribution in [2.75, 3.05) is 20.3 Å². The second kappa shape index (κ2) is 6.02. The zero-order chi connectivity index (χ0) is 11.2. The van der Waals surface area contributed by atoms with Crippen LogP contribution in [0.15, 0.2) is 30.3 Å². The lowest BCUT2D eigenvalue weighted by molar-refractivity contribution is 0.0405. The average Bonchev–Trinajstić information content (AvgIpc) is 2.38. The van der Waals surface area contributed by atoms with Crippen molar-refractivity contribution in [1.29, 1.82) is 0 Å². The summed E-state index contributed by atoms with van der Waals surface area (Å²) < 4.78 is 5.56. The van der Waals surface area contributed by atoms with Gasteiger partial charge in [-0.1, -0.05) is 30.3 Å². The molecular formula is C14H21NO. The number of rotatable bonds is 4. The Labute approximate surface area is 98.0 Å². The van der Waals surface area contributed by atoms with Gasteiger partial charge in [0.1, 0.15) is 0 Å². The Morgan fingerprint density at radius 1 is 1.38 bits per heavy atom. The van der Waals surface area contributed by atoms with Crippen molar-refractivity contribution in [1.82, 2.24) is 5.32 Å². The fraction of sp³-hybridized carbons (Fsp3) is 0.571. The smallest absolute Gasteiger partial charge is 0.0509 e. The third kappa shape index (κ3) is 3.06. The summed E-state index contributed by atoms with van der Waals surface area (Å²) in [5.74, 6) is 0.666. The second-order valence-corrected chi connectivity index (χ2v) is 4.56. The van der Waals surface area contributed by atoms with E-state index in [1.54, 1.807) is 0 Å². The molecule has 1 saturated heterocycles. The van der Waals surface area contributed by atoms with Crippen LogP contribution in [-0.2, 0) is 11.2 Å². The Kier molecular flexibility index (Phi) is 4.37. The molecule has 0 bridgehead atoms. The van der Waals surface area contributed by atoms with Crippen LogP contribution in [0.4, 0.5) is 0 Å². The molecule has 2 atom stereocenters. The van der Waals surface area contributed by atoms with Gasteiger partial charge in [-0.2, -0.15) is 0 Å². The first-order valence-corrected chi connectivity index (χ1v) is 6.19. The summed E-state index contributed by atoms with van der Waals surface area (Å²) in [6, 6.07) is 11.2. The number of benzene rings is 1. The third-order valence-corrected chi connectivity index (χ3v) is 3.43. The highest BCUT2D eigenvalue weighted by Gasteiger charge is 2.22. The van der Waals surface area contributed by atoms with E-state index < -0.39 is 0 Å². The predicted molar refractivity (Wildman–Crippen MR) is 66.5 cm³/mol. The first kappa shape index (κ1) is 11.6. The lowest BCUT2D eigenvalue weighted by Crippen LogP contribution is -2.39. The molecule has 0 saturated carbocycles. The summed E-state index contributed by atoms with van der Waals surface area (Å²) in [6.45, 7) is 1.86. The zero-order valence-electron chi connectivity index (χ0n) is 9.99. The molecule has 1 aromatic carbocycles. The molecular weight excluding hydrogens is 198 g/mol. The van der Waals surface area contributed by atoms with E-state index in [1.165, 1.54) is 18.4 Å². The molecule has 2 unspecified atom stereocenters. The minimum Gasteiger partial charge on any atom is -0.381 e. The van der Waals surface area contributed by atoms with Crippen LogP contribution in [0.2, 0.25) is 0 Å². The molecule has 0 aliphatic carbocycles. The first-order valence-electron chi connectivity index (χ1n) is 6.19. The minimum absolute atomic E-state index is 0.544. The summed E-state index contributed by atoms with van der Waals surface area (Å²) >= 11 is 0. The van der Waals surface area contributed by atoms with Crippen molar-refractivity contribution in [3.8, 4) is 0 Å². The van der Waals surface area contributed by atoms with Crippen LogP contribution in [0.5, 0.6) is 0 Å². The molecule has 1 heterocycles. The molecule has 0 radical (unpaired) electrons. The van der Waals surface area contributed by atoms with Gasteiger partial charge in [0.2, 0.25) is 0 Å². The van der Waals surface area contributed by atoms with Crippen molar-refractivity contribution in [2.45, 2.75) is 25.3 Å². The van der Waals surface area contributed by atoms with Gasteiger partial charge in [-0.05, 0) is 37.8 Å². The average molecular weight is 219 g/mol. The van der Waals surface area contributed by atoms with E-state index in [2.05, 4.69) is 42.7 Å². The number of hydrogen-bond acceptors (Lipinski definition) is 2. The maximum Gasteiger partial charge on any atom is 0.0509 e. The molecule has 2 rings (SSSR count). The van der Waals surface area contributed by atoms with E-state index >= 15 is 0 Å². The molecule has 0 amide bonds. The SMILES string of the molecule is CNC(Cc1ccccc1)C1CCCOC1. The topological polar surface area (TPSA) is 21.3 Å². The largest absolute Gasteiger partial charge is 0.381 e. The molecule has 1 aromatic rings. The van der Waals surface area contributed by atoms with Gasteiger partial charge in [0.15, 0.2) is 0 Å². The third-order valence-electron chi connectivity index (χ3n) is 3.43. The number of hydrogen-bond donors (Lipinski definition) is 1. The lowest BCUT2D eigenvalue weighted by Gasteiger charge is -2.30.